The second-order valence-electron chi connectivity index (χ2n) is 7.25. The van der Waals surface area contributed by atoms with Gasteiger partial charge in [-0.05, 0) is 44.0 Å². The summed E-state index contributed by atoms with van der Waals surface area (Å²) in [5.74, 6) is 0.713. The Balaban J connectivity index is 1.66. The van der Waals surface area contributed by atoms with E-state index < -0.39 is 15.6 Å². The minimum Gasteiger partial charge on any atom is -0.334 e. The number of aryl methyl sites for hydroxylation is 1. The predicted molar refractivity (Wildman–Crippen MR) is 106 cm³/mol. The van der Waals surface area contributed by atoms with Crippen LogP contribution in [0.5, 0.6) is 0 Å². The predicted octanol–water partition coefficient (Wildman–Crippen LogP) is 3.57. The summed E-state index contributed by atoms with van der Waals surface area (Å²) >= 11 is 0. The molecule has 0 atom stereocenters. The molecule has 146 valence electrons. The number of sulfonamides is 1. The topological polar surface area (TPSA) is 111 Å². The molecule has 0 spiro atoms. The number of nitrogens with one attached hydrogen (secondary N) is 1. The molecule has 1 fully saturated rings. The van der Waals surface area contributed by atoms with Crippen molar-refractivity contribution in [3.05, 3.63) is 59.9 Å². The Morgan fingerprint density at radius 3 is 2.46 bits per heavy atom. The zero-order valence-electron chi connectivity index (χ0n) is 15.6. The van der Waals surface area contributed by atoms with Gasteiger partial charge in [0.15, 0.2) is 5.82 Å². The zero-order valence-corrected chi connectivity index (χ0v) is 16.4. The van der Waals surface area contributed by atoms with Crippen molar-refractivity contribution in [2.24, 2.45) is 5.73 Å². The van der Waals surface area contributed by atoms with Gasteiger partial charge in [0.1, 0.15) is 0 Å². The molecule has 0 bridgehead atoms. The molecule has 1 aromatic heterocycles. The molecule has 0 radical (unpaired) electrons. The first kappa shape index (κ1) is 18.6. The van der Waals surface area contributed by atoms with Crippen LogP contribution < -0.4 is 10.5 Å². The fourth-order valence-electron chi connectivity index (χ4n) is 3.44. The molecule has 0 amide bonds. The summed E-state index contributed by atoms with van der Waals surface area (Å²) in [5.41, 5.74) is 7.70. The van der Waals surface area contributed by atoms with Gasteiger partial charge in [-0.25, -0.2) is 8.42 Å². The Hall–Kier alpha value is -2.71. The molecule has 0 saturated heterocycles. The lowest BCUT2D eigenvalue weighted by Crippen LogP contribution is -2.34. The van der Waals surface area contributed by atoms with Crippen LogP contribution in [0.25, 0.3) is 11.5 Å². The minimum absolute atomic E-state index is 0.186. The van der Waals surface area contributed by atoms with Gasteiger partial charge in [0.25, 0.3) is 15.9 Å². The lowest BCUT2D eigenvalue weighted by atomic mass is 9.98. The quantitative estimate of drug-likeness (QED) is 0.680. The van der Waals surface area contributed by atoms with Crippen molar-refractivity contribution < 1.29 is 12.9 Å². The molecule has 2 aromatic carbocycles. The van der Waals surface area contributed by atoms with E-state index in [1.807, 2.05) is 6.92 Å². The molecule has 8 heteroatoms. The van der Waals surface area contributed by atoms with E-state index in [4.69, 9.17) is 10.3 Å². The number of para-hydroxylation sites is 1. The van der Waals surface area contributed by atoms with E-state index in [9.17, 15) is 8.42 Å². The van der Waals surface area contributed by atoms with Crippen LogP contribution in [-0.4, -0.2) is 18.6 Å². The summed E-state index contributed by atoms with van der Waals surface area (Å²) in [6.45, 7) is 1.90. The van der Waals surface area contributed by atoms with Crippen LogP contribution in [-0.2, 0) is 15.6 Å². The van der Waals surface area contributed by atoms with Gasteiger partial charge < -0.3 is 10.3 Å². The van der Waals surface area contributed by atoms with Crippen LogP contribution >= 0.6 is 0 Å². The number of hydrogen-bond donors (Lipinski definition) is 2. The number of rotatable bonds is 5. The highest BCUT2D eigenvalue weighted by molar-refractivity contribution is 7.92. The lowest BCUT2D eigenvalue weighted by molar-refractivity contribution is 0.373. The number of nitrogens with zero attached hydrogens (tertiary/aromatic N) is 2. The summed E-state index contributed by atoms with van der Waals surface area (Å²) in [6, 6.07) is 13.6. The highest BCUT2D eigenvalue weighted by atomic mass is 32.2. The first-order valence-electron chi connectivity index (χ1n) is 9.19. The van der Waals surface area contributed by atoms with Gasteiger partial charge in [-0.15, -0.1) is 0 Å². The summed E-state index contributed by atoms with van der Waals surface area (Å²) < 4.78 is 33.6. The SMILES string of the molecule is Cc1ccc(S(=O)(=O)Nc2ccccc2-c2nc(C3(N)CCCC3)no2)cc1. The number of aromatic nitrogens is 2. The van der Waals surface area contributed by atoms with Crippen molar-refractivity contribution in [2.75, 3.05) is 4.72 Å². The second kappa shape index (κ2) is 7.03. The van der Waals surface area contributed by atoms with Crippen molar-refractivity contribution in [1.29, 1.82) is 0 Å². The Kier molecular flexibility index (Phi) is 4.68. The van der Waals surface area contributed by atoms with E-state index in [-0.39, 0.29) is 10.8 Å². The number of anilines is 1. The van der Waals surface area contributed by atoms with Gasteiger partial charge in [0.05, 0.1) is 21.7 Å². The van der Waals surface area contributed by atoms with Crippen molar-refractivity contribution >= 4 is 15.7 Å². The lowest BCUT2D eigenvalue weighted by Gasteiger charge is -2.17. The van der Waals surface area contributed by atoms with E-state index in [1.165, 1.54) is 0 Å². The van der Waals surface area contributed by atoms with Crippen LogP contribution in [0.15, 0.2) is 57.9 Å². The fraction of sp³-hybridized carbons (Fsp3) is 0.300. The summed E-state index contributed by atoms with van der Waals surface area (Å²) in [4.78, 5) is 4.66. The highest BCUT2D eigenvalue weighted by Gasteiger charge is 2.36. The van der Waals surface area contributed by atoms with Gasteiger partial charge in [0, 0.05) is 0 Å². The molecule has 3 N–H and O–H groups in total. The van der Waals surface area contributed by atoms with Crippen LogP contribution in [0.2, 0.25) is 0 Å². The standard InChI is InChI=1S/C20H22N4O3S/c1-14-8-10-15(11-9-14)28(25,26)24-17-7-3-2-6-16(17)18-22-19(23-27-18)20(21)12-4-5-13-20/h2-3,6-11,24H,4-5,12-13,21H2,1H3. The molecule has 0 unspecified atom stereocenters. The molecular formula is C20H22N4O3S. The van der Waals surface area contributed by atoms with E-state index >= 15 is 0 Å². The molecule has 1 heterocycles. The third-order valence-corrected chi connectivity index (χ3v) is 6.48. The Bertz CT molecular complexity index is 1080. The number of nitrogens with two attached hydrogens (primary N) is 1. The molecule has 1 saturated carbocycles. The smallest absolute Gasteiger partial charge is 0.261 e. The molecule has 7 nitrogen and oxygen atoms in total. The summed E-state index contributed by atoms with van der Waals surface area (Å²) in [5, 5.41) is 4.06. The maximum absolute atomic E-state index is 12.8. The van der Waals surface area contributed by atoms with Gasteiger partial charge >= 0.3 is 0 Å². The van der Waals surface area contributed by atoms with Crippen LogP contribution in [0.3, 0.4) is 0 Å². The van der Waals surface area contributed by atoms with Crippen LogP contribution in [0.1, 0.15) is 37.1 Å². The van der Waals surface area contributed by atoms with E-state index in [0.29, 0.717) is 17.1 Å². The van der Waals surface area contributed by atoms with Crippen molar-refractivity contribution in [2.45, 2.75) is 43.0 Å². The first-order valence-corrected chi connectivity index (χ1v) is 10.7. The third kappa shape index (κ3) is 3.53. The fourth-order valence-corrected chi connectivity index (χ4v) is 4.52. The molecule has 28 heavy (non-hydrogen) atoms. The van der Waals surface area contributed by atoms with E-state index in [1.54, 1.807) is 48.5 Å². The average Bonchev–Trinajstić information content (AvgIpc) is 3.32. The minimum atomic E-state index is -3.75. The molecule has 3 aromatic rings. The van der Waals surface area contributed by atoms with Gasteiger partial charge in [0.2, 0.25) is 0 Å². The number of benzene rings is 2. The summed E-state index contributed by atoms with van der Waals surface area (Å²) in [6.07, 6.45) is 3.70. The van der Waals surface area contributed by atoms with Gasteiger partial charge in [-0.1, -0.05) is 47.8 Å². The van der Waals surface area contributed by atoms with Crippen molar-refractivity contribution in [3.8, 4) is 11.5 Å². The Morgan fingerprint density at radius 1 is 1.07 bits per heavy atom. The maximum atomic E-state index is 12.8. The first-order chi connectivity index (χ1) is 13.4. The molecule has 0 aliphatic heterocycles. The van der Waals surface area contributed by atoms with E-state index in [0.717, 1.165) is 31.2 Å². The monoisotopic (exact) mass is 398 g/mol. The number of hydrogen-bond acceptors (Lipinski definition) is 6. The highest BCUT2D eigenvalue weighted by Crippen LogP contribution is 2.36. The second-order valence-corrected chi connectivity index (χ2v) is 8.93. The normalized spacial score (nSPS) is 16.2. The average molecular weight is 398 g/mol. The zero-order chi connectivity index (χ0) is 19.8. The Labute approximate surface area is 164 Å². The van der Waals surface area contributed by atoms with E-state index in [2.05, 4.69) is 14.9 Å². The maximum Gasteiger partial charge on any atom is 0.261 e. The molecule has 4 rings (SSSR count). The van der Waals surface area contributed by atoms with Crippen LogP contribution in [0.4, 0.5) is 5.69 Å². The molecule has 1 aliphatic rings. The molecule has 1 aliphatic carbocycles. The summed E-state index contributed by atoms with van der Waals surface area (Å²) in [7, 11) is -3.75. The van der Waals surface area contributed by atoms with Crippen molar-refractivity contribution in [3.63, 3.8) is 0 Å². The third-order valence-electron chi connectivity index (χ3n) is 5.10. The van der Waals surface area contributed by atoms with Crippen molar-refractivity contribution in [1.82, 2.24) is 10.1 Å². The van der Waals surface area contributed by atoms with Gasteiger partial charge in [-0.2, -0.15) is 4.98 Å². The largest absolute Gasteiger partial charge is 0.334 e. The van der Waals surface area contributed by atoms with Crippen LogP contribution in [0, 0.1) is 6.92 Å². The molecular weight excluding hydrogens is 376 g/mol. The Morgan fingerprint density at radius 2 is 1.75 bits per heavy atom. The van der Waals surface area contributed by atoms with Gasteiger partial charge in [-0.3, -0.25) is 4.72 Å².